The van der Waals surface area contributed by atoms with E-state index in [1.165, 1.54) is 12.0 Å². The summed E-state index contributed by atoms with van der Waals surface area (Å²) in [6.07, 6.45) is 0.347. The molecule has 2 heterocycles. The van der Waals surface area contributed by atoms with Crippen LogP contribution in [0, 0.1) is 13.8 Å². The van der Waals surface area contributed by atoms with Crippen LogP contribution in [0.25, 0.3) is 5.69 Å². The minimum Gasteiger partial charge on any atom is -0.465 e. The van der Waals surface area contributed by atoms with Gasteiger partial charge in [0.15, 0.2) is 0 Å². The predicted octanol–water partition coefficient (Wildman–Crippen LogP) is 1.76. The number of ether oxygens (including phenoxy) is 2. The van der Waals surface area contributed by atoms with Crippen molar-refractivity contribution < 1.29 is 24.0 Å². The second-order valence-electron chi connectivity index (χ2n) is 7.67. The van der Waals surface area contributed by atoms with Gasteiger partial charge in [-0.05, 0) is 58.0 Å². The number of hydrogen-bond acceptors (Lipinski definition) is 4. The molecular weight excluding hydrogens is 356 g/mol. The normalized spacial score (nSPS) is 22.1. The number of carbonyl (C=O) groups is 2. The number of Topliss-reactive ketones (excluding diaryl/α,β-unsaturated/α-hetero) is 1. The number of methoxy groups -OCH3 is 1. The number of benzene rings is 1. The summed E-state index contributed by atoms with van der Waals surface area (Å²) < 4.78 is 12.6. The number of carbonyl (C=O) groups excluding carboxylic acids is 2. The quantitative estimate of drug-likeness (QED) is 0.629. The smallest absolute Gasteiger partial charge is 0.337 e. The molecule has 1 saturated heterocycles. The van der Waals surface area contributed by atoms with E-state index < -0.39 is 0 Å². The molecule has 1 N–H and O–H groups in total. The molecule has 1 aromatic heterocycles. The summed E-state index contributed by atoms with van der Waals surface area (Å²) in [5, 5.41) is 0. The van der Waals surface area contributed by atoms with Crippen molar-refractivity contribution in [3.8, 4) is 5.69 Å². The topological polar surface area (TPSA) is 62.0 Å². The Hall–Kier alpha value is -2.44. The van der Waals surface area contributed by atoms with Gasteiger partial charge in [-0.25, -0.2) is 4.79 Å². The summed E-state index contributed by atoms with van der Waals surface area (Å²) in [5.74, 6) is -0.206. The number of aryl methyl sites for hydroxylation is 1. The van der Waals surface area contributed by atoms with Crippen molar-refractivity contribution in [2.45, 2.75) is 39.9 Å². The molecule has 1 fully saturated rings. The van der Waals surface area contributed by atoms with E-state index in [0.29, 0.717) is 12.1 Å². The highest BCUT2D eigenvalue weighted by Gasteiger charge is 2.28. The summed E-state index contributed by atoms with van der Waals surface area (Å²) in [6, 6.07) is 9.18. The number of nitrogens with one attached hydrogen (secondary N) is 1. The summed E-state index contributed by atoms with van der Waals surface area (Å²) in [6.45, 7) is 10.3. The minimum atomic E-state index is -0.361. The first kappa shape index (κ1) is 20.3. The number of hydrogen-bond donors (Lipinski definition) is 1. The van der Waals surface area contributed by atoms with E-state index in [9.17, 15) is 9.59 Å². The summed E-state index contributed by atoms with van der Waals surface area (Å²) >= 11 is 0. The first-order chi connectivity index (χ1) is 13.3. The molecule has 0 saturated carbocycles. The lowest BCUT2D eigenvalue weighted by atomic mass is 10.1. The molecule has 2 aromatic rings. The van der Waals surface area contributed by atoms with Gasteiger partial charge in [0.1, 0.15) is 31.8 Å². The van der Waals surface area contributed by atoms with Crippen LogP contribution in [0.4, 0.5) is 0 Å². The second-order valence-corrected chi connectivity index (χ2v) is 7.67. The van der Waals surface area contributed by atoms with Crippen molar-refractivity contribution >= 4 is 11.8 Å². The number of nitrogens with zero attached hydrogens (tertiary/aromatic N) is 1. The van der Waals surface area contributed by atoms with E-state index in [4.69, 9.17) is 9.47 Å². The molecule has 0 radical (unpaired) electrons. The SMILES string of the molecule is COC(=O)c1ccc(-n2c(C)cc(C(=O)C[NH+]3C[C@@H](C)O[C@H](C)C3)c2C)cc1. The fourth-order valence-electron chi connectivity index (χ4n) is 4.16. The van der Waals surface area contributed by atoms with Crippen LogP contribution in [0.15, 0.2) is 30.3 Å². The average Bonchev–Trinajstić information content (AvgIpc) is 2.94. The summed E-state index contributed by atoms with van der Waals surface area (Å²) in [7, 11) is 1.37. The summed E-state index contributed by atoms with van der Waals surface area (Å²) in [5.41, 5.74) is 4.09. The maximum atomic E-state index is 13.0. The third-order valence-electron chi connectivity index (χ3n) is 5.31. The van der Waals surface area contributed by atoms with Gasteiger partial charge in [0.25, 0.3) is 0 Å². The van der Waals surface area contributed by atoms with Gasteiger partial charge >= 0.3 is 5.97 Å². The molecule has 0 spiro atoms. The number of ketones is 1. The second kappa shape index (κ2) is 8.29. The van der Waals surface area contributed by atoms with Crippen LogP contribution in [0.1, 0.15) is 46.0 Å². The number of aromatic nitrogens is 1. The van der Waals surface area contributed by atoms with Crippen LogP contribution in [0.2, 0.25) is 0 Å². The van der Waals surface area contributed by atoms with Crippen molar-refractivity contribution in [3.05, 3.63) is 52.8 Å². The van der Waals surface area contributed by atoms with Crippen LogP contribution in [-0.4, -0.2) is 55.3 Å². The molecule has 2 atom stereocenters. The van der Waals surface area contributed by atoms with E-state index in [0.717, 1.165) is 35.7 Å². The Bertz CT molecular complexity index is 859. The van der Waals surface area contributed by atoms with Gasteiger partial charge < -0.3 is 18.9 Å². The average molecular weight is 385 g/mol. The zero-order valence-corrected chi connectivity index (χ0v) is 17.2. The van der Waals surface area contributed by atoms with Gasteiger partial charge in [-0.3, -0.25) is 4.79 Å². The largest absolute Gasteiger partial charge is 0.465 e. The van der Waals surface area contributed by atoms with Crippen LogP contribution in [0.3, 0.4) is 0 Å². The van der Waals surface area contributed by atoms with Gasteiger partial charge in [-0.1, -0.05) is 0 Å². The molecule has 0 unspecified atom stereocenters. The van der Waals surface area contributed by atoms with Crippen molar-refractivity contribution in [2.24, 2.45) is 0 Å². The standard InChI is InChI=1S/C22H28N2O4/c1-14-10-20(21(25)13-23-11-15(2)28-16(3)12-23)17(4)24(14)19-8-6-18(7-9-19)22(26)27-5/h6-10,15-16H,11-13H2,1-5H3/p+1/t15-,16-/m1/s1. The number of morpholine rings is 1. The molecule has 1 aromatic carbocycles. The third kappa shape index (κ3) is 4.18. The minimum absolute atomic E-state index is 0.154. The molecule has 1 aliphatic heterocycles. The molecule has 0 aliphatic carbocycles. The first-order valence-electron chi connectivity index (χ1n) is 9.70. The summed E-state index contributed by atoms with van der Waals surface area (Å²) in [4.78, 5) is 25.9. The maximum absolute atomic E-state index is 13.0. The van der Waals surface area contributed by atoms with Gasteiger partial charge in [-0.2, -0.15) is 0 Å². The van der Waals surface area contributed by atoms with Gasteiger partial charge in [0.05, 0.1) is 12.7 Å². The number of quaternary nitrogens is 1. The van der Waals surface area contributed by atoms with Crippen LogP contribution in [0.5, 0.6) is 0 Å². The highest BCUT2D eigenvalue weighted by Crippen LogP contribution is 2.21. The zero-order valence-electron chi connectivity index (χ0n) is 17.2. The molecule has 0 amide bonds. The molecule has 3 rings (SSSR count). The molecule has 150 valence electrons. The van der Waals surface area contributed by atoms with E-state index in [2.05, 4.69) is 13.8 Å². The van der Waals surface area contributed by atoms with E-state index >= 15 is 0 Å². The fraction of sp³-hybridized carbons (Fsp3) is 0.455. The number of rotatable bonds is 5. The van der Waals surface area contributed by atoms with Gasteiger partial charge in [0.2, 0.25) is 5.78 Å². The Labute approximate surface area is 166 Å². The van der Waals surface area contributed by atoms with Gasteiger partial charge in [-0.15, -0.1) is 0 Å². The molecule has 6 nitrogen and oxygen atoms in total. The third-order valence-corrected chi connectivity index (χ3v) is 5.31. The Morgan fingerprint density at radius 2 is 1.75 bits per heavy atom. The molecule has 28 heavy (non-hydrogen) atoms. The van der Waals surface area contributed by atoms with Crippen molar-refractivity contribution in [2.75, 3.05) is 26.7 Å². The monoisotopic (exact) mass is 385 g/mol. The van der Waals surface area contributed by atoms with Crippen LogP contribution >= 0.6 is 0 Å². The lowest BCUT2D eigenvalue weighted by molar-refractivity contribution is -0.906. The molecule has 6 heteroatoms. The fourth-order valence-corrected chi connectivity index (χ4v) is 4.16. The van der Waals surface area contributed by atoms with E-state index in [-0.39, 0.29) is 24.0 Å². The van der Waals surface area contributed by atoms with E-state index in [1.54, 1.807) is 12.1 Å². The lowest BCUT2D eigenvalue weighted by Crippen LogP contribution is -3.16. The van der Waals surface area contributed by atoms with Crippen molar-refractivity contribution in [3.63, 3.8) is 0 Å². The van der Waals surface area contributed by atoms with Crippen molar-refractivity contribution in [1.29, 1.82) is 0 Å². The molecule has 1 aliphatic rings. The predicted molar refractivity (Wildman–Crippen MR) is 106 cm³/mol. The van der Waals surface area contributed by atoms with Crippen LogP contribution in [-0.2, 0) is 9.47 Å². The number of esters is 1. The maximum Gasteiger partial charge on any atom is 0.337 e. The Kier molecular flexibility index (Phi) is 6.01. The zero-order chi connectivity index (χ0) is 20.4. The van der Waals surface area contributed by atoms with Gasteiger partial charge in [0, 0.05) is 22.6 Å². The van der Waals surface area contributed by atoms with Crippen molar-refractivity contribution in [1.82, 2.24) is 4.57 Å². The highest BCUT2D eigenvalue weighted by atomic mass is 16.5. The Morgan fingerprint density at radius 3 is 2.32 bits per heavy atom. The highest BCUT2D eigenvalue weighted by molar-refractivity contribution is 5.98. The lowest BCUT2D eigenvalue weighted by Gasteiger charge is -2.31. The molecule has 0 bridgehead atoms. The van der Waals surface area contributed by atoms with E-state index in [1.807, 2.05) is 36.6 Å². The Balaban J connectivity index is 1.81. The van der Waals surface area contributed by atoms with Crippen LogP contribution < -0.4 is 4.90 Å². The Morgan fingerprint density at radius 1 is 1.14 bits per heavy atom. The molecular formula is C22H29N2O4+. The first-order valence-corrected chi connectivity index (χ1v) is 9.70.